The van der Waals surface area contributed by atoms with Crippen molar-refractivity contribution in [1.82, 2.24) is 0 Å². The van der Waals surface area contributed by atoms with Gasteiger partial charge in [-0.05, 0) is 56.0 Å². The molecule has 3 nitrogen and oxygen atoms in total. The molecule has 1 rings (SSSR count). The number of aryl methyl sites for hydroxylation is 2. The van der Waals surface area contributed by atoms with Gasteiger partial charge >= 0.3 is 5.97 Å². The maximum atomic E-state index is 13.6. The Labute approximate surface area is 101 Å². The summed E-state index contributed by atoms with van der Waals surface area (Å²) in [5.74, 6) is -0.699. The minimum absolute atomic E-state index is 0.271. The molecule has 0 heterocycles. The zero-order chi connectivity index (χ0) is 12.8. The van der Waals surface area contributed by atoms with Crippen LogP contribution in [0.4, 0.5) is 4.39 Å². The molecule has 4 heteroatoms. The Morgan fingerprint density at radius 3 is 2.71 bits per heavy atom. The van der Waals surface area contributed by atoms with Gasteiger partial charge in [-0.15, -0.1) is 0 Å². The highest BCUT2D eigenvalue weighted by Gasteiger charge is 2.13. The molecule has 94 valence electrons. The first-order valence-corrected chi connectivity index (χ1v) is 5.67. The SMILES string of the molecule is COC(=O)c1cc(CCCCN)c(F)cc1C. The van der Waals surface area contributed by atoms with Crippen molar-refractivity contribution in [1.29, 1.82) is 0 Å². The Morgan fingerprint density at radius 2 is 2.12 bits per heavy atom. The van der Waals surface area contributed by atoms with E-state index in [1.807, 2.05) is 0 Å². The van der Waals surface area contributed by atoms with Gasteiger partial charge in [-0.2, -0.15) is 0 Å². The zero-order valence-corrected chi connectivity index (χ0v) is 10.3. The van der Waals surface area contributed by atoms with E-state index in [1.165, 1.54) is 13.2 Å². The number of ether oxygens (including phenoxy) is 1. The molecule has 0 aliphatic carbocycles. The summed E-state index contributed by atoms with van der Waals surface area (Å²) >= 11 is 0. The normalized spacial score (nSPS) is 10.4. The summed E-state index contributed by atoms with van der Waals surface area (Å²) in [4.78, 5) is 11.5. The maximum Gasteiger partial charge on any atom is 0.338 e. The van der Waals surface area contributed by atoms with Crippen LogP contribution in [0.2, 0.25) is 0 Å². The molecule has 2 N–H and O–H groups in total. The first-order valence-electron chi connectivity index (χ1n) is 5.67. The fourth-order valence-corrected chi connectivity index (χ4v) is 1.70. The van der Waals surface area contributed by atoms with E-state index in [2.05, 4.69) is 4.74 Å². The lowest BCUT2D eigenvalue weighted by Crippen LogP contribution is -2.07. The third-order valence-corrected chi connectivity index (χ3v) is 2.70. The molecule has 0 spiro atoms. The molecule has 0 radical (unpaired) electrons. The summed E-state index contributed by atoms with van der Waals surface area (Å²) in [5.41, 5.74) is 6.95. The van der Waals surface area contributed by atoms with Crippen molar-refractivity contribution in [2.45, 2.75) is 26.2 Å². The Bertz CT molecular complexity index is 405. The molecule has 0 fully saturated rings. The highest BCUT2D eigenvalue weighted by molar-refractivity contribution is 5.91. The van der Waals surface area contributed by atoms with E-state index in [4.69, 9.17) is 5.73 Å². The molecule has 1 aromatic carbocycles. The van der Waals surface area contributed by atoms with E-state index in [-0.39, 0.29) is 5.82 Å². The van der Waals surface area contributed by atoms with Crippen LogP contribution in [0.1, 0.15) is 34.3 Å². The number of benzene rings is 1. The third-order valence-electron chi connectivity index (χ3n) is 2.70. The second-order valence-electron chi connectivity index (χ2n) is 4.00. The molecule has 17 heavy (non-hydrogen) atoms. The highest BCUT2D eigenvalue weighted by Crippen LogP contribution is 2.18. The predicted molar refractivity (Wildman–Crippen MR) is 64.5 cm³/mol. The van der Waals surface area contributed by atoms with Gasteiger partial charge in [0.1, 0.15) is 5.82 Å². The third kappa shape index (κ3) is 3.53. The fraction of sp³-hybridized carbons (Fsp3) is 0.462. The van der Waals surface area contributed by atoms with Crippen molar-refractivity contribution in [3.05, 3.63) is 34.6 Å². The van der Waals surface area contributed by atoms with Crippen LogP contribution in [0, 0.1) is 12.7 Å². The van der Waals surface area contributed by atoms with Gasteiger partial charge in [0.05, 0.1) is 12.7 Å². The van der Waals surface area contributed by atoms with Crippen molar-refractivity contribution in [3.8, 4) is 0 Å². The van der Waals surface area contributed by atoms with Gasteiger partial charge in [0.2, 0.25) is 0 Å². The van der Waals surface area contributed by atoms with Crippen LogP contribution in [0.15, 0.2) is 12.1 Å². The van der Waals surface area contributed by atoms with Crippen molar-refractivity contribution >= 4 is 5.97 Å². The number of carbonyl (C=O) groups excluding carboxylic acids is 1. The molecule has 0 amide bonds. The summed E-state index contributed by atoms with van der Waals surface area (Å²) in [5, 5.41) is 0. The standard InChI is InChI=1S/C13H18FNO2/c1-9-7-12(14)10(5-3-4-6-15)8-11(9)13(16)17-2/h7-8H,3-6,15H2,1-2H3. The van der Waals surface area contributed by atoms with Crippen LogP contribution >= 0.6 is 0 Å². The summed E-state index contributed by atoms with van der Waals surface area (Å²) in [6.45, 7) is 2.29. The first-order chi connectivity index (χ1) is 8.10. The van der Waals surface area contributed by atoms with Crippen molar-refractivity contribution in [3.63, 3.8) is 0 Å². The predicted octanol–water partition coefficient (Wildman–Crippen LogP) is 2.20. The fourth-order valence-electron chi connectivity index (χ4n) is 1.70. The lowest BCUT2D eigenvalue weighted by atomic mass is 10.0. The van der Waals surface area contributed by atoms with E-state index in [0.717, 1.165) is 12.8 Å². The zero-order valence-electron chi connectivity index (χ0n) is 10.3. The number of esters is 1. The van der Waals surface area contributed by atoms with Crippen molar-refractivity contribution in [2.24, 2.45) is 5.73 Å². The molecule has 0 bridgehead atoms. The molecule has 0 saturated carbocycles. The van der Waals surface area contributed by atoms with E-state index in [9.17, 15) is 9.18 Å². The summed E-state index contributed by atoms with van der Waals surface area (Å²) in [6, 6.07) is 2.96. The Balaban J connectivity index is 2.93. The van der Waals surface area contributed by atoms with Crippen LogP contribution in [0.5, 0.6) is 0 Å². The van der Waals surface area contributed by atoms with Crippen LogP contribution in [0.3, 0.4) is 0 Å². The summed E-state index contributed by atoms with van der Waals surface area (Å²) in [6.07, 6.45) is 2.26. The quantitative estimate of drug-likeness (QED) is 0.633. The Kier molecular flexibility index (Phi) is 5.10. The van der Waals surface area contributed by atoms with Gasteiger partial charge in [-0.25, -0.2) is 9.18 Å². The van der Waals surface area contributed by atoms with Gasteiger partial charge in [0.25, 0.3) is 0 Å². The maximum absolute atomic E-state index is 13.6. The van der Waals surface area contributed by atoms with Gasteiger partial charge in [-0.3, -0.25) is 0 Å². The van der Waals surface area contributed by atoms with Gasteiger partial charge in [0.15, 0.2) is 0 Å². The number of hydrogen-bond acceptors (Lipinski definition) is 3. The molecular formula is C13H18FNO2. The smallest absolute Gasteiger partial charge is 0.338 e. The lowest BCUT2D eigenvalue weighted by Gasteiger charge is -2.08. The Hall–Kier alpha value is -1.42. The van der Waals surface area contributed by atoms with Crippen LogP contribution in [-0.4, -0.2) is 19.6 Å². The van der Waals surface area contributed by atoms with E-state index in [1.54, 1.807) is 13.0 Å². The van der Waals surface area contributed by atoms with Crippen LogP contribution in [0.25, 0.3) is 0 Å². The number of carbonyl (C=O) groups is 1. The van der Waals surface area contributed by atoms with Crippen molar-refractivity contribution in [2.75, 3.05) is 13.7 Å². The average molecular weight is 239 g/mol. The number of hydrogen-bond donors (Lipinski definition) is 1. The lowest BCUT2D eigenvalue weighted by molar-refractivity contribution is 0.0599. The minimum atomic E-state index is -0.428. The molecule has 0 aliphatic rings. The number of methoxy groups -OCH3 is 1. The van der Waals surface area contributed by atoms with Crippen LogP contribution < -0.4 is 5.73 Å². The molecule has 0 atom stereocenters. The molecule has 1 aromatic rings. The number of unbranched alkanes of at least 4 members (excludes halogenated alkanes) is 1. The van der Waals surface area contributed by atoms with E-state index in [0.29, 0.717) is 29.7 Å². The van der Waals surface area contributed by atoms with Crippen molar-refractivity contribution < 1.29 is 13.9 Å². The second-order valence-corrected chi connectivity index (χ2v) is 4.00. The minimum Gasteiger partial charge on any atom is -0.465 e. The van der Waals surface area contributed by atoms with Gasteiger partial charge < -0.3 is 10.5 Å². The molecule has 0 aliphatic heterocycles. The topological polar surface area (TPSA) is 52.3 Å². The monoisotopic (exact) mass is 239 g/mol. The average Bonchev–Trinajstić information content (AvgIpc) is 2.31. The van der Waals surface area contributed by atoms with Gasteiger partial charge in [-0.1, -0.05) is 0 Å². The summed E-state index contributed by atoms with van der Waals surface area (Å²) in [7, 11) is 1.32. The molecular weight excluding hydrogens is 221 g/mol. The first kappa shape index (κ1) is 13.6. The number of halogens is 1. The molecule has 0 aromatic heterocycles. The molecule has 0 unspecified atom stereocenters. The largest absolute Gasteiger partial charge is 0.465 e. The van der Waals surface area contributed by atoms with E-state index >= 15 is 0 Å². The number of rotatable bonds is 5. The number of nitrogens with two attached hydrogens (primary N) is 1. The second kappa shape index (κ2) is 6.35. The van der Waals surface area contributed by atoms with Crippen LogP contribution in [-0.2, 0) is 11.2 Å². The Morgan fingerprint density at radius 1 is 1.41 bits per heavy atom. The van der Waals surface area contributed by atoms with E-state index < -0.39 is 5.97 Å². The summed E-state index contributed by atoms with van der Waals surface area (Å²) < 4.78 is 18.3. The highest BCUT2D eigenvalue weighted by atomic mass is 19.1. The molecule has 0 saturated heterocycles. The van der Waals surface area contributed by atoms with Gasteiger partial charge in [0, 0.05) is 0 Å².